The van der Waals surface area contributed by atoms with Gasteiger partial charge in [-0.2, -0.15) is 10.6 Å². The van der Waals surface area contributed by atoms with Crippen LogP contribution in [0.1, 0.15) is 150 Å². The van der Waals surface area contributed by atoms with Crippen LogP contribution in [0.15, 0.2) is 168 Å². The molecule has 6 aromatic carbocycles. The molecule has 0 unspecified atom stereocenters. The van der Waals surface area contributed by atoms with Crippen molar-refractivity contribution in [3.63, 3.8) is 0 Å². The third-order valence-electron chi connectivity index (χ3n) is 17.0. The third kappa shape index (κ3) is 17.0. The average Bonchev–Trinajstić information content (AvgIpc) is 1.75. The van der Waals surface area contributed by atoms with Crippen LogP contribution < -0.4 is 0 Å². The topological polar surface area (TPSA) is 164 Å². The predicted molar refractivity (Wildman–Crippen MR) is 372 cm³/mol. The molecular formula is C75H96N12O2. The first-order valence-corrected chi connectivity index (χ1v) is 32.2. The Morgan fingerprint density at radius 2 is 0.955 bits per heavy atom. The van der Waals surface area contributed by atoms with Crippen molar-refractivity contribution in [2.24, 2.45) is 36.7 Å². The second-order valence-corrected chi connectivity index (χ2v) is 23.6. The lowest BCUT2D eigenvalue weighted by Crippen LogP contribution is -2.06. The number of para-hydroxylation sites is 5. The highest BCUT2D eigenvalue weighted by atomic mass is 16.4. The van der Waals surface area contributed by atoms with E-state index in [0.29, 0.717) is 0 Å². The monoisotopic (exact) mass is 1200 g/mol. The van der Waals surface area contributed by atoms with Gasteiger partial charge in [-0.15, -0.1) is 0 Å². The Kier molecular flexibility index (Phi) is 24.4. The molecule has 0 atom stereocenters. The van der Waals surface area contributed by atoms with Crippen LogP contribution in [-0.2, 0) is 64.7 Å². The van der Waals surface area contributed by atoms with Gasteiger partial charge in [0.1, 0.15) is 11.6 Å². The number of aromatic amines is 1. The van der Waals surface area contributed by atoms with E-state index in [1.54, 1.807) is 0 Å². The molecule has 14 heteroatoms. The molecule has 0 fully saturated rings. The fraction of sp³-hybridized carbons (Fsp3) is 0.373. The van der Waals surface area contributed by atoms with Gasteiger partial charge in [-0.05, 0) is 163 Å². The van der Waals surface area contributed by atoms with Crippen LogP contribution >= 0.6 is 0 Å². The second kappa shape index (κ2) is 32.9. The van der Waals surface area contributed by atoms with Gasteiger partial charge in [-0.1, -0.05) is 145 Å². The molecule has 0 aliphatic rings. The second-order valence-electron chi connectivity index (χ2n) is 23.6. The van der Waals surface area contributed by atoms with Gasteiger partial charge in [0.2, 0.25) is 0 Å². The fourth-order valence-corrected chi connectivity index (χ4v) is 12.5. The minimum atomic E-state index is -0.719. The minimum absolute atomic E-state index is 0. The number of benzene rings is 6. The molecule has 0 bridgehead atoms. The zero-order chi connectivity index (χ0) is 63.2. The molecule has 0 saturated carbocycles. The summed E-state index contributed by atoms with van der Waals surface area (Å²) in [6.07, 6.45) is 24.2. The fourth-order valence-electron chi connectivity index (χ4n) is 12.5. The maximum atomic E-state index is 10.7. The Bertz CT molecular complexity index is 4230. The number of rotatable bonds is 22. The Hall–Kier alpha value is -8.91. The number of fused-ring (bicyclic) bond motifs is 6. The number of carbonyl (C=O) groups is 1. The van der Waals surface area contributed by atoms with Crippen LogP contribution in [0.3, 0.4) is 0 Å². The number of nitrogens with zero attached hydrogens (tertiary/aromatic N) is 10. The minimum Gasteiger partial charge on any atom is -0.481 e. The van der Waals surface area contributed by atoms with Gasteiger partial charge in [0.25, 0.3) is 0 Å². The molecule has 89 heavy (non-hydrogen) atoms. The van der Waals surface area contributed by atoms with E-state index < -0.39 is 5.97 Å². The Balaban J connectivity index is 0.000000173. The Morgan fingerprint density at radius 3 is 1.39 bits per heavy atom. The van der Waals surface area contributed by atoms with E-state index in [4.69, 9.17) is 20.6 Å². The van der Waals surface area contributed by atoms with Crippen molar-refractivity contribution in [3.8, 4) is 0 Å². The van der Waals surface area contributed by atoms with Gasteiger partial charge < -0.3 is 32.9 Å². The highest BCUT2D eigenvalue weighted by Crippen LogP contribution is 2.30. The van der Waals surface area contributed by atoms with Crippen molar-refractivity contribution in [1.82, 2.24) is 37.8 Å². The molecule has 0 amide bonds. The summed E-state index contributed by atoms with van der Waals surface area (Å²) in [5.74, 6) is 1.58. The number of aromatic nitrogens is 8. The molecule has 6 heterocycles. The number of imidazole rings is 2. The van der Waals surface area contributed by atoms with Gasteiger partial charge in [0.05, 0.1) is 42.2 Å². The van der Waals surface area contributed by atoms with Crippen molar-refractivity contribution in [2.75, 3.05) is 7.05 Å². The first-order valence-electron chi connectivity index (χ1n) is 32.2. The molecule has 14 nitrogen and oxygen atoms in total. The molecule has 0 aliphatic carbocycles. The summed E-state index contributed by atoms with van der Waals surface area (Å²) >= 11 is 0. The molecule has 3 N–H and O–H groups in total. The first-order chi connectivity index (χ1) is 43.3. The largest absolute Gasteiger partial charge is 0.481 e. The number of hydrogen-bond acceptors (Lipinski definition) is 5. The van der Waals surface area contributed by atoms with E-state index in [1.165, 1.54) is 159 Å². The van der Waals surface area contributed by atoms with E-state index in [-0.39, 0.29) is 7.85 Å². The molecular weight excluding hydrogens is 1100 g/mol. The standard InChI is InChI=1S/C24H27N3O2.C24H29N3.C14H19N.C12H15N.CH4N4.H2/c1-17-9-8-12-21-24(17)18(15-26(21)2)16-27-20-11-7-6-10-19(20)25-22(27)13-4-3-5-14-23(28)29;1-4-5-6-7-15-23-25-20-12-8-9-13-21(20)27(23)17-19-16-26(3)22-14-10-11-18(2)24(19)22;1-2-3-4-5-9-13-11-12-8-6-7-10-14(12)15-13;1-4-10-8-13(3)11-7-5-6-9(2)12(10)11;1-3-5-4-2;/h6-12,15H,3-5,13-14,16H2,1-2H3,(H,28,29);8-14,16H,4-7,15,17H2,1-3H3;6-8,10-11,15H,2-5,9H2,1H3;5-8H,4H2,1-3H3;2H,1H3;1H. The molecule has 0 spiro atoms. The molecule has 0 aliphatic heterocycles. The lowest BCUT2D eigenvalue weighted by Gasteiger charge is -2.10. The maximum Gasteiger partial charge on any atom is 0.303 e. The van der Waals surface area contributed by atoms with Crippen LogP contribution in [0.4, 0.5) is 0 Å². The summed E-state index contributed by atoms with van der Waals surface area (Å²) in [6, 6.07) is 47.1. The normalized spacial score (nSPS) is 11.3. The number of aliphatic carboxylic acids is 1. The van der Waals surface area contributed by atoms with Crippen LogP contribution in [0, 0.1) is 26.3 Å². The average molecular weight is 1200 g/mol. The van der Waals surface area contributed by atoms with E-state index >= 15 is 0 Å². The summed E-state index contributed by atoms with van der Waals surface area (Å²) in [5.41, 5.74) is 25.2. The van der Waals surface area contributed by atoms with Crippen LogP contribution in [0.25, 0.3) is 65.7 Å². The molecule has 0 saturated heterocycles. The third-order valence-corrected chi connectivity index (χ3v) is 17.0. The molecule has 12 rings (SSSR count). The number of H-pyrrole nitrogens is 1. The van der Waals surface area contributed by atoms with Gasteiger partial charge in [0, 0.05) is 104 Å². The summed E-state index contributed by atoms with van der Waals surface area (Å²) < 4.78 is 11.4. The number of carboxylic acid groups (broad SMARTS) is 1. The van der Waals surface area contributed by atoms with E-state index in [0.717, 1.165) is 74.0 Å². The van der Waals surface area contributed by atoms with Gasteiger partial charge in [-0.25, -0.2) is 9.97 Å². The summed E-state index contributed by atoms with van der Waals surface area (Å²) in [7, 11) is 7.81. The molecule has 6 aromatic heterocycles. The van der Waals surface area contributed by atoms with Crippen LogP contribution in [0.5, 0.6) is 0 Å². The van der Waals surface area contributed by atoms with Crippen LogP contribution in [0.2, 0.25) is 0 Å². The number of unbranched alkanes of at least 4 members (excludes halogenated alkanes) is 8. The first kappa shape index (κ1) is 66.1. The summed E-state index contributed by atoms with van der Waals surface area (Å²) in [4.78, 5) is 24.1. The zero-order valence-corrected chi connectivity index (χ0v) is 54.5. The number of carboxylic acids is 1. The van der Waals surface area contributed by atoms with Gasteiger partial charge in [0.15, 0.2) is 0 Å². The van der Waals surface area contributed by atoms with Crippen molar-refractivity contribution in [2.45, 2.75) is 157 Å². The maximum absolute atomic E-state index is 10.7. The van der Waals surface area contributed by atoms with Gasteiger partial charge >= 0.3 is 5.97 Å². The van der Waals surface area contributed by atoms with E-state index in [9.17, 15) is 4.79 Å². The Labute approximate surface area is 527 Å². The summed E-state index contributed by atoms with van der Waals surface area (Å²) in [6.45, 7) is 15.0. The van der Waals surface area contributed by atoms with Gasteiger partial charge in [-0.3, -0.25) is 4.79 Å². The highest BCUT2D eigenvalue weighted by molar-refractivity contribution is 5.89. The van der Waals surface area contributed by atoms with Crippen molar-refractivity contribution in [3.05, 3.63) is 203 Å². The number of aryl methyl sites for hydroxylation is 10. The Morgan fingerprint density at radius 1 is 0.528 bits per heavy atom. The predicted octanol–water partition coefficient (Wildman–Crippen LogP) is 19.7. The SMILES string of the molecule is CCCCCCc1cc2ccccc2[nH]1.CCCCCCc1nc2ccccc2n1Cc1cn(C)c2cccc(C)c12.CCc1cn(C)c2cccc(C)c12.CN=NN=N.Cc1cccc2c1c(Cn1c(CCCCCC(=O)O)nc3ccccc31)cn2C.[HH]. The van der Waals surface area contributed by atoms with E-state index in [2.05, 4.69) is 252 Å². The van der Waals surface area contributed by atoms with Crippen molar-refractivity contribution in [1.29, 1.82) is 5.53 Å². The molecule has 12 aromatic rings. The lowest BCUT2D eigenvalue weighted by atomic mass is 10.1. The molecule has 0 radical (unpaired) electrons. The number of hydrogen-bond donors (Lipinski definition) is 3. The lowest BCUT2D eigenvalue weighted by molar-refractivity contribution is -0.137. The number of nitrogens with one attached hydrogen (secondary N) is 2. The van der Waals surface area contributed by atoms with Crippen LogP contribution in [-0.4, -0.2) is 55.9 Å². The quantitative estimate of drug-likeness (QED) is 0.0350. The van der Waals surface area contributed by atoms with E-state index in [1.807, 2.05) is 6.07 Å². The highest BCUT2D eigenvalue weighted by Gasteiger charge is 2.17. The zero-order valence-electron chi connectivity index (χ0n) is 54.5. The smallest absolute Gasteiger partial charge is 0.303 e. The molecule has 468 valence electrons. The van der Waals surface area contributed by atoms with Crippen molar-refractivity contribution < 1.29 is 11.3 Å². The summed E-state index contributed by atoms with van der Waals surface area (Å²) in [5, 5.41) is 22.9. The van der Waals surface area contributed by atoms with Crippen molar-refractivity contribution >= 4 is 71.6 Å².